The zero-order valence-corrected chi connectivity index (χ0v) is 10.9. The van der Waals surface area contributed by atoms with E-state index in [2.05, 4.69) is 28.9 Å². The first-order chi connectivity index (χ1) is 8.40. The monoisotopic (exact) mass is 232 g/mol. The molecule has 0 spiro atoms. The first kappa shape index (κ1) is 12.6. The Hall–Kier alpha value is -0.890. The number of likely N-dealkylation sites (tertiary alicyclic amines) is 1. The molecule has 1 fully saturated rings. The summed E-state index contributed by atoms with van der Waals surface area (Å²) in [6.45, 7) is 4.88. The van der Waals surface area contributed by atoms with Gasteiger partial charge in [-0.15, -0.1) is 0 Å². The van der Waals surface area contributed by atoms with Gasteiger partial charge in [-0.3, -0.25) is 4.98 Å². The smallest absolute Gasteiger partial charge is 0.0300 e. The van der Waals surface area contributed by atoms with Crippen molar-refractivity contribution >= 4 is 0 Å². The Labute approximate surface area is 105 Å². The largest absolute Gasteiger partial charge is 0.300 e. The Morgan fingerprint density at radius 1 is 1.29 bits per heavy atom. The number of hydrogen-bond donors (Lipinski definition) is 0. The van der Waals surface area contributed by atoms with Crippen LogP contribution in [0.3, 0.4) is 0 Å². The van der Waals surface area contributed by atoms with Gasteiger partial charge in [0.25, 0.3) is 0 Å². The summed E-state index contributed by atoms with van der Waals surface area (Å²) >= 11 is 0. The Balaban J connectivity index is 1.96. The summed E-state index contributed by atoms with van der Waals surface area (Å²) in [4.78, 5) is 6.92. The van der Waals surface area contributed by atoms with Crippen molar-refractivity contribution in [3.05, 3.63) is 30.1 Å². The molecule has 2 rings (SSSR count). The van der Waals surface area contributed by atoms with E-state index >= 15 is 0 Å². The molecule has 0 bridgehead atoms. The van der Waals surface area contributed by atoms with Gasteiger partial charge in [-0.1, -0.05) is 25.8 Å². The second-order valence-electron chi connectivity index (χ2n) is 5.10. The van der Waals surface area contributed by atoms with E-state index in [9.17, 15) is 0 Å². The van der Waals surface area contributed by atoms with Crippen molar-refractivity contribution in [2.45, 2.75) is 51.5 Å². The number of nitrogens with zero attached hydrogens (tertiary/aromatic N) is 2. The lowest BCUT2D eigenvalue weighted by molar-refractivity contribution is 0.153. The highest BCUT2D eigenvalue weighted by atomic mass is 15.2. The van der Waals surface area contributed by atoms with Crippen LogP contribution < -0.4 is 0 Å². The molecule has 1 aromatic heterocycles. The zero-order chi connectivity index (χ0) is 11.9. The number of hydrogen-bond acceptors (Lipinski definition) is 2. The highest BCUT2D eigenvalue weighted by Gasteiger charge is 2.19. The lowest BCUT2D eigenvalue weighted by Gasteiger charge is -2.34. The van der Waals surface area contributed by atoms with Gasteiger partial charge in [0.1, 0.15) is 0 Å². The molecule has 0 N–H and O–H groups in total. The van der Waals surface area contributed by atoms with E-state index in [0.717, 1.165) is 6.04 Å². The van der Waals surface area contributed by atoms with Crippen LogP contribution in [0.25, 0.3) is 0 Å². The van der Waals surface area contributed by atoms with Gasteiger partial charge in [0, 0.05) is 18.4 Å². The molecule has 1 unspecified atom stereocenters. The molecule has 1 aliphatic heterocycles. The summed E-state index contributed by atoms with van der Waals surface area (Å²) < 4.78 is 0. The van der Waals surface area contributed by atoms with Crippen molar-refractivity contribution in [3.63, 3.8) is 0 Å². The fourth-order valence-electron chi connectivity index (χ4n) is 2.82. The Morgan fingerprint density at radius 2 is 2.12 bits per heavy atom. The SMILES string of the molecule is CCCC(Cc1cccnc1)N1CCCCC1. The standard InChI is InChI=1S/C15H24N2/c1-2-7-15(17-10-4-3-5-11-17)12-14-8-6-9-16-13-14/h6,8-9,13,15H,2-5,7,10-12H2,1H3. The highest BCUT2D eigenvalue weighted by molar-refractivity contribution is 5.10. The second-order valence-corrected chi connectivity index (χ2v) is 5.10. The van der Waals surface area contributed by atoms with Crippen LogP contribution in [0, 0.1) is 0 Å². The van der Waals surface area contributed by atoms with Crippen molar-refractivity contribution in [3.8, 4) is 0 Å². The van der Waals surface area contributed by atoms with Crippen molar-refractivity contribution in [1.29, 1.82) is 0 Å². The van der Waals surface area contributed by atoms with Crippen LogP contribution in [0.15, 0.2) is 24.5 Å². The maximum absolute atomic E-state index is 4.22. The molecule has 0 saturated carbocycles. The molecular weight excluding hydrogens is 208 g/mol. The summed E-state index contributed by atoms with van der Waals surface area (Å²) in [5.74, 6) is 0. The van der Waals surface area contributed by atoms with E-state index in [1.54, 1.807) is 0 Å². The van der Waals surface area contributed by atoms with E-state index in [0.29, 0.717) is 0 Å². The maximum atomic E-state index is 4.22. The maximum Gasteiger partial charge on any atom is 0.0300 e. The summed E-state index contributed by atoms with van der Waals surface area (Å²) in [7, 11) is 0. The zero-order valence-electron chi connectivity index (χ0n) is 10.9. The van der Waals surface area contributed by atoms with Crippen molar-refractivity contribution in [2.24, 2.45) is 0 Å². The van der Waals surface area contributed by atoms with Crippen LogP contribution in [-0.4, -0.2) is 29.0 Å². The average molecular weight is 232 g/mol. The first-order valence-corrected chi connectivity index (χ1v) is 7.03. The van der Waals surface area contributed by atoms with Gasteiger partial charge >= 0.3 is 0 Å². The topological polar surface area (TPSA) is 16.1 Å². The van der Waals surface area contributed by atoms with Crippen LogP contribution in [0.2, 0.25) is 0 Å². The fourth-order valence-corrected chi connectivity index (χ4v) is 2.82. The van der Waals surface area contributed by atoms with E-state index in [1.165, 1.54) is 57.2 Å². The van der Waals surface area contributed by atoms with Crippen LogP contribution in [0.1, 0.15) is 44.6 Å². The molecule has 0 amide bonds. The van der Waals surface area contributed by atoms with Gasteiger partial charge in [-0.05, 0) is 50.4 Å². The molecule has 17 heavy (non-hydrogen) atoms. The first-order valence-electron chi connectivity index (χ1n) is 7.03. The summed E-state index contributed by atoms with van der Waals surface area (Å²) in [5.41, 5.74) is 1.39. The molecule has 0 aromatic carbocycles. The van der Waals surface area contributed by atoms with Crippen LogP contribution in [-0.2, 0) is 6.42 Å². The second kappa shape index (κ2) is 6.75. The van der Waals surface area contributed by atoms with Gasteiger partial charge in [-0.2, -0.15) is 0 Å². The molecule has 1 aliphatic rings. The normalized spacial score (nSPS) is 19.1. The Morgan fingerprint density at radius 3 is 2.76 bits per heavy atom. The summed E-state index contributed by atoms with van der Waals surface area (Å²) in [5, 5.41) is 0. The quantitative estimate of drug-likeness (QED) is 0.774. The van der Waals surface area contributed by atoms with Crippen molar-refractivity contribution in [2.75, 3.05) is 13.1 Å². The van der Waals surface area contributed by atoms with E-state index in [1.807, 2.05) is 12.4 Å². The number of rotatable bonds is 5. The van der Waals surface area contributed by atoms with E-state index < -0.39 is 0 Å². The molecule has 1 saturated heterocycles. The minimum absolute atomic E-state index is 0.726. The highest BCUT2D eigenvalue weighted by Crippen LogP contribution is 2.18. The van der Waals surface area contributed by atoms with E-state index in [-0.39, 0.29) is 0 Å². The third-order valence-corrected chi connectivity index (χ3v) is 3.72. The lowest BCUT2D eigenvalue weighted by Crippen LogP contribution is -2.40. The van der Waals surface area contributed by atoms with Crippen LogP contribution in [0.4, 0.5) is 0 Å². The predicted molar refractivity (Wildman–Crippen MR) is 72.1 cm³/mol. The van der Waals surface area contributed by atoms with E-state index in [4.69, 9.17) is 0 Å². The number of aromatic nitrogens is 1. The lowest BCUT2D eigenvalue weighted by atomic mass is 9.99. The molecule has 2 heterocycles. The number of piperidine rings is 1. The molecule has 94 valence electrons. The molecule has 0 aliphatic carbocycles. The third kappa shape index (κ3) is 3.81. The van der Waals surface area contributed by atoms with Crippen LogP contribution >= 0.6 is 0 Å². The van der Waals surface area contributed by atoms with Gasteiger partial charge in [-0.25, -0.2) is 0 Å². The van der Waals surface area contributed by atoms with Crippen molar-refractivity contribution in [1.82, 2.24) is 9.88 Å². The molecule has 2 nitrogen and oxygen atoms in total. The number of pyridine rings is 1. The van der Waals surface area contributed by atoms with Gasteiger partial charge in [0.05, 0.1) is 0 Å². The Kier molecular flexibility index (Phi) is 4.99. The molecule has 2 heteroatoms. The molecular formula is C15H24N2. The minimum Gasteiger partial charge on any atom is -0.300 e. The fraction of sp³-hybridized carbons (Fsp3) is 0.667. The van der Waals surface area contributed by atoms with Crippen LogP contribution in [0.5, 0.6) is 0 Å². The predicted octanol–water partition coefficient (Wildman–Crippen LogP) is 3.28. The van der Waals surface area contributed by atoms with Gasteiger partial charge in [0.2, 0.25) is 0 Å². The van der Waals surface area contributed by atoms with Gasteiger partial charge in [0.15, 0.2) is 0 Å². The summed E-state index contributed by atoms with van der Waals surface area (Å²) in [6, 6.07) is 4.98. The Bertz CT molecular complexity index is 304. The molecule has 0 radical (unpaired) electrons. The van der Waals surface area contributed by atoms with Gasteiger partial charge < -0.3 is 4.90 Å². The molecule has 1 atom stereocenters. The average Bonchev–Trinajstić information content (AvgIpc) is 2.40. The van der Waals surface area contributed by atoms with Crippen molar-refractivity contribution < 1.29 is 0 Å². The summed E-state index contributed by atoms with van der Waals surface area (Å²) in [6.07, 6.45) is 11.8. The minimum atomic E-state index is 0.726. The third-order valence-electron chi connectivity index (χ3n) is 3.72. The molecule has 1 aromatic rings.